The molecule has 0 aliphatic heterocycles. The van der Waals surface area contributed by atoms with Gasteiger partial charge in [-0.05, 0) is 12.1 Å². The topological polar surface area (TPSA) is 147 Å². The third-order valence-corrected chi connectivity index (χ3v) is 2.32. The fourth-order valence-electron chi connectivity index (χ4n) is 1.47. The van der Waals surface area contributed by atoms with Gasteiger partial charge in [-0.3, -0.25) is 14.9 Å². The summed E-state index contributed by atoms with van der Waals surface area (Å²) in [4.78, 5) is 20.4. The van der Waals surface area contributed by atoms with Gasteiger partial charge >= 0.3 is 5.97 Å². The van der Waals surface area contributed by atoms with Crippen molar-refractivity contribution in [1.29, 1.82) is 0 Å². The molecule has 1 aromatic rings. The van der Waals surface area contributed by atoms with Crippen molar-refractivity contribution in [3.05, 3.63) is 33.9 Å². The zero-order valence-corrected chi connectivity index (χ0v) is 9.18. The number of aliphatic hydroxyl groups excluding tert-OH is 2. The van der Waals surface area contributed by atoms with Crippen LogP contribution >= 0.6 is 0 Å². The number of aliphatic carboxylic acids is 1. The standard InChI is InChI=1S/C10H12N2O6/c11-5-1-2-7(12(17)18)6(3-5)10(16)8(13)4-9(14)15/h1-3,8,10,13,16H,4,11H2,(H,14,15). The molecule has 2 atom stereocenters. The van der Waals surface area contributed by atoms with E-state index in [9.17, 15) is 25.1 Å². The number of nitro benzene ring substituents is 1. The van der Waals surface area contributed by atoms with Crippen molar-refractivity contribution in [3.8, 4) is 0 Å². The number of hydrogen-bond acceptors (Lipinski definition) is 6. The lowest BCUT2D eigenvalue weighted by molar-refractivity contribution is -0.386. The molecule has 0 aromatic heterocycles. The van der Waals surface area contributed by atoms with E-state index in [1.165, 1.54) is 6.07 Å². The normalized spacial score (nSPS) is 13.9. The highest BCUT2D eigenvalue weighted by Crippen LogP contribution is 2.30. The van der Waals surface area contributed by atoms with Crippen molar-refractivity contribution in [2.45, 2.75) is 18.6 Å². The van der Waals surface area contributed by atoms with Gasteiger partial charge in [0.05, 0.1) is 23.0 Å². The summed E-state index contributed by atoms with van der Waals surface area (Å²) in [6.07, 6.45) is -4.07. The highest BCUT2D eigenvalue weighted by Gasteiger charge is 2.27. The molecule has 8 nitrogen and oxygen atoms in total. The predicted molar refractivity (Wildman–Crippen MR) is 60.7 cm³/mol. The number of carbonyl (C=O) groups is 1. The van der Waals surface area contributed by atoms with Crippen LogP contribution in [-0.4, -0.2) is 32.3 Å². The second kappa shape index (κ2) is 5.43. The lowest BCUT2D eigenvalue weighted by atomic mass is 10.00. The summed E-state index contributed by atoms with van der Waals surface area (Å²) in [6.45, 7) is 0. The van der Waals surface area contributed by atoms with Crippen molar-refractivity contribution in [3.63, 3.8) is 0 Å². The molecule has 1 rings (SSSR count). The molecule has 0 aliphatic carbocycles. The van der Waals surface area contributed by atoms with Crippen molar-refractivity contribution >= 4 is 17.3 Å². The zero-order chi connectivity index (χ0) is 13.9. The Morgan fingerprint density at radius 2 is 2.06 bits per heavy atom. The molecule has 0 radical (unpaired) electrons. The van der Waals surface area contributed by atoms with Gasteiger partial charge in [-0.1, -0.05) is 0 Å². The maximum absolute atomic E-state index is 10.7. The number of nitrogen functional groups attached to an aromatic ring is 1. The van der Waals surface area contributed by atoms with Crippen LogP contribution in [0, 0.1) is 10.1 Å². The number of carboxylic acid groups (broad SMARTS) is 1. The summed E-state index contributed by atoms with van der Waals surface area (Å²) in [6, 6.07) is 3.49. The van der Waals surface area contributed by atoms with Crippen molar-refractivity contribution in [2.75, 3.05) is 5.73 Å². The third-order valence-electron chi connectivity index (χ3n) is 2.32. The Kier molecular flexibility index (Phi) is 4.18. The van der Waals surface area contributed by atoms with Crippen LogP contribution in [0.5, 0.6) is 0 Å². The lowest BCUT2D eigenvalue weighted by Crippen LogP contribution is -2.22. The molecule has 0 heterocycles. The van der Waals surface area contributed by atoms with Crippen LogP contribution < -0.4 is 5.73 Å². The average molecular weight is 256 g/mol. The number of nitrogens with two attached hydrogens (primary N) is 1. The van der Waals surface area contributed by atoms with Crippen LogP contribution in [0.25, 0.3) is 0 Å². The minimum Gasteiger partial charge on any atom is -0.481 e. The quantitative estimate of drug-likeness (QED) is 0.330. The largest absolute Gasteiger partial charge is 0.481 e. The molecule has 0 spiro atoms. The lowest BCUT2D eigenvalue weighted by Gasteiger charge is -2.16. The number of benzene rings is 1. The highest BCUT2D eigenvalue weighted by molar-refractivity contribution is 5.67. The third kappa shape index (κ3) is 3.15. The molecule has 18 heavy (non-hydrogen) atoms. The first-order valence-electron chi connectivity index (χ1n) is 4.94. The van der Waals surface area contributed by atoms with Crippen molar-refractivity contribution in [2.24, 2.45) is 0 Å². The highest BCUT2D eigenvalue weighted by atomic mass is 16.6. The molecule has 8 heteroatoms. The van der Waals surface area contributed by atoms with Crippen LogP contribution in [0.1, 0.15) is 18.1 Å². The van der Waals surface area contributed by atoms with E-state index in [0.29, 0.717) is 0 Å². The maximum Gasteiger partial charge on any atom is 0.306 e. The summed E-state index contributed by atoms with van der Waals surface area (Å²) in [7, 11) is 0. The Morgan fingerprint density at radius 1 is 1.44 bits per heavy atom. The van der Waals surface area contributed by atoms with Gasteiger partial charge in [0.15, 0.2) is 0 Å². The molecular formula is C10H12N2O6. The number of nitrogens with zero attached hydrogens (tertiary/aromatic N) is 1. The van der Waals surface area contributed by atoms with E-state index in [-0.39, 0.29) is 11.3 Å². The van der Waals surface area contributed by atoms with Gasteiger partial charge < -0.3 is 21.1 Å². The minimum absolute atomic E-state index is 0.164. The maximum atomic E-state index is 10.7. The van der Waals surface area contributed by atoms with Crippen LogP contribution in [-0.2, 0) is 4.79 Å². The second-order valence-electron chi connectivity index (χ2n) is 3.69. The van der Waals surface area contributed by atoms with Crippen LogP contribution in [0.3, 0.4) is 0 Å². The Labute approximate surface area is 101 Å². The Bertz CT molecular complexity index is 475. The Balaban J connectivity index is 3.10. The van der Waals surface area contributed by atoms with Crippen LogP contribution in [0.15, 0.2) is 18.2 Å². The monoisotopic (exact) mass is 256 g/mol. The van der Waals surface area contributed by atoms with E-state index in [4.69, 9.17) is 10.8 Å². The summed E-state index contributed by atoms with van der Waals surface area (Å²) < 4.78 is 0. The summed E-state index contributed by atoms with van der Waals surface area (Å²) in [5.74, 6) is -1.33. The van der Waals surface area contributed by atoms with E-state index < -0.39 is 35.2 Å². The number of nitro groups is 1. The first-order chi connectivity index (χ1) is 8.32. The van der Waals surface area contributed by atoms with E-state index in [1.807, 2.05) is 0 Å². The molecule has 0 saturated heterocycles. The molecule has 98 valence electrons. The first-order valence-corrected chi connectivity index (χ1v) is 4.94. The molecule has 2 unspecified atom stereocenters. The van der Waals surface area contributed by atoms with Crippen LogP contribution in [0.2, 0.25) is 0 Å². The Morgan fingerprint density at radius 3 is 2.56 bits per heavy atom. The average Bonchev–Trinajstić information content (AvgIpc) is 2.26. The van der Waals surface area contributed by atoms with E-state index in [1.54, 1.807) is 0 Å². The molecule has 0 saturated carbocycles. The van der Waals surface area contributed by atoms with Crippen LogP contribution in [0.4, 0.5) is 11.4 Å². The van der Waals surface area contributed by atoms with Gasteiger partial charge in [0.1, 0.15) is 6.10 Å². The van der Waals surface area contributed by atoms with Crippen molar-refractivity contribution < 1.29 is 25.0 Å². The van der Waals surface area contributed by atoms with E-state index >= 15 is 0 Å². The number of aliphatic hydroxyl groups is 2. The summed E-state index contributed by atoms with van der Waals surface area (Å²) in [5, 5.41) is 38.4. The summed E-state index contributed by atoms with van der Waals surface area (Å²) in [5.41, 5.74) is 4.96. The Hall–Kier alpha value is -2.19. The smallest absolute Gasteiger partial charge is 0.306 e. The van der Waals surface area contributed by atoms with Gasteiger partial charge in [-0.15, -0.1) is 0 Å². The molecular weight excluding hydrogens is 244 g/mol. The number of anilines is 1. The molecule has 0 amide bonds. The molecule has 0 bridgehead atoms. The molecule has 1 aromatic carbocycles. The van der Waals surface area contributed by atoms with E-state index in [2.05, 4.69) is 0 Å². The fourth-order valence-corrected chi connectivity index (χ4v) is 1.47. The predicted octanol–water partition coefficient (Wildman–Crippen LogP) is 0.0460. The molecule has 0 aliphatic rings. The number of rotatable bonds is 5. The fraction of sp³-hybridized carbons (Fsp3) is 0.300. The number of carboxylic acids is 1. The first kappa shape index (κ1) is 13.9. The molecule has 0 fully saturated rings. The zero-order valence-electron chi connectivity index (χ0n) is 9.18. The van der Waals surface area contributed by atoms with E-state index in [0.717, 1.165) is 12.1 Å². The molecule has 5 N–H and O–H groups in total. The van der Waals surface area contributed by atoms with Gasteiger partial charge in [0, 0.05) is 11.8 Å². The van der Waals surface area contributed by atoms with Gasteiger partial charge in [-0.25, -0.2) is 0 Å². The number of hydrogen-bond donors (Lipinski definition) is 4. The van der Waals surface area contributed by atoms with Gasteiger partial charge in [0.2, 0.25) is 0 Å². The summed E-state index contributed by atoms with van der Waals surface area (Å²) >= 11 is 0. The van der Waals surface area contributed by atoms with Crippen molar-refractivity contribution in [1.82, 2.24) is 0 Å². The SMILES string of the molecule is Nc1ccc([N+](=O)[O-])c(C(O)C(O)CC(=O)O)c1. The van der Waals surface area contributed by atoms with Gasteiger partial charge in [0.25, 0.3) is 5.69 Å². The van der Waals surface area contributed by atoms with Gasteiger partial charge in [-0.2, -0.15) is 0 Å². The minimum atomic E-state index is -1.69. The second-order valence-corrected chi connectivity index (χ2v) is 3.69.